The number of nitrogens with one attached hydrogen (secondary N) is 3. The van der Waals surface area contributed by atoms with Crippen LogP contribution in [-0.2, 0) is 12.8 Å². The maximum absolute atomic E-state index is 12.3. The van der Waals surface area contributed by atoms with Crippen LogP contribution in [-0.4, -0.2) is 34.7 Å². The first kappa shape index (κ1) is 18.4. The van der Waals surface area contributed by atoms with Crippen molar-refractivity contribution in [3.63, 3.8) is 0 Å². The number of H-pyrrole nitrogens is 1. The van der Waals surface area contributed by atoms with Gasteiger partial charge in [-0.1, -0.05) is 12.1 Å². The second-order valence-electron chi connectivity index (χ2n) is 6.04. The van der Waals surface area contributed by atoms with Crippen molar-refractivity contribution in [2.75, 3.05) is 24.3 Å². The number of hydrogen-bond acceptors (Lipinski definition) is 5. The number of aryl methyl sites for hydroxylation is 2. The standard InChI is InChI=1S/C20H23N5O2/c1-3-21-18-10-8-15(13-22-18)20(26)23-19-12-16(24-25-19)9-7-14-5-4-6-17(11-14)27-2/h4-6,8,10-13H,3,7,9H2,1-2H3,(H,21,22)(H2,23,24,25,26). The number of aromatic amines is 1. The summed E-state index contributed by atoms with van der Waals surface area (Å²) >= 11 is 0. The SMILES string of the molecule is CCNc1ccc(C(=O)Nc2cc(CCc3cccc(OC)c3)n[nH]2)cn1. The van der Waals surface area contributed by atoms with E-state index in [2.05, 4.69) is 31.9 Å². The van der Waals surface area contributed by atoms with Crippen molar-refractivity contribution in [1.29, 1.82) is 0 Å². The first-order valence-corrected chi connectivity index (χ1v) is 8.86. The second kappa shape index (κ2) is 8.84. The molecule has 0 spiro atoms. The van der Waals surface area contributed by atoms with Gasteiger partial charge in [0.1, 0.15) is 17.4 Å². The average Bonchev–Trinajstić information content (AvgIpc) is 3.14. The molecule has 0 radical (unpaired) electrons. The Bertz CT molecular complexity index is 889. The average molecular weight is 365 g/mol. The first-order chi connectivity index (χ1) is 13.2. The summed E-state index contributed by atoms with van der Waals surface area (Å²) in [5, 5.41) is 13.0. The molecule has 7 heteroatoms. The zero-order chi connectivity index (χ0) is 19.1. The van der Waals surface area contributed by atoms with Crippen molar-refractivity contribution in [2.45, 2.75) is 19.8 Å². The summed E-state index contributed by atoms with van der Waals surface area (Å²) in [5.41, 5.74) is 2.55. The number of carbonyl (C=O) groups is 1. The highest BCUT2D eigenvalue weighted by atomic mass is 16.5. The zero-order valence-corrected chi connectivity index (χ0v) is 15.5. The molecule has 27 heavy (non-hydrogen) atoms. The predicted octanol–water partition coefficient (Wildman–Crippen LogP) is 3.28. The number of carbonyl (C=O) groups excluding carboxylic acids is 1. The molecule has 0 fully saturated rings. The summed E-state index contributed by atoms with van der Waals surface area (Å²) in [4.78, 5) is 16.5. The number of amides is 1. The summed E-state index contributed by atoms with van der Waals surface area (Å²) in [6.07, 6.45) is 3.15. The smallest absolute Gasteiger partial charge is 0.258 e. The van der Waals surface area contributed by atoms with Gasteiger partial charge < -0.3 is 15.4 Å². The van der Waals surface area contributed by atoms with Crippen molar-refractivity contribution < 1.29 is 9.53 Å². The van der Waals surface area contributed by atoms with E-state index in [-0.39, 0.29) is 5.91 Å². The van der Waals surface area contributed by atoms with Crippen molar-refractivity contribution in [1.82, 2.24) is 15.2 Å². The molecule has 0 aliphatic heterocycles. The molecule has 140 valence electrons. The fraction of sp³-hybridized carbons (Fsp3) is 0.250. The Morgan fingerprint density at radius 1 is 1.19 bits per heavy atom. The Kier molecular flexibility index (Phi) is 6.04. The van der Waals surface area contributed by atoms with Gasteiger partial charge in [-0.15, -0.1) is 0 Å². The molecule has 1 amide bonds. The number of ether oxygens (including phenoxy) is 1. The number of hydrogen-bond donors (Lipinski definition) is 3. The van der Waals surface area contributed by atoms with Crippen molar-refractivity contribution >= 4 is 17.5 Å². The topological polar surface area (TPSA) is 91.9 Å². The molecule has 0 saturated heterocycles. The minimum atomic E-state index is -0.228. The quantitative estimate of drug-likeness (QED) is 0.570. The van der Waals surface area contributed by atoms with Crippen LogP contribution in [0.1, 0.15) is 28.5 Å². The van der Waals surface area contributed by atoms with Crippen LogP contribution < -0.4 is 15.4 Å². The largest absolute Gasteiger partial charge is 0.497 e. The second-order valence-corrected chi connectivity index (χ2v) is 6.04. The Morgan fingerprint density at radius 3 is 2.81 bits per heavy atom. The van der Waals surface area contributed by atoms with E-state index in [1.807, 2.05) is 31.2 Å². The van der Waals surface area contributed by atoms with Gasteiger partial charge in [0.05, 0.1) is 18.4 Å². The Hall–Kier alpha value is -3.35. The van der Waals surface area contributed by atoms with Gasteiger partial charge in [0.2, 0.25) is 0 Å². The Labute approximate surface area is 158 Å². The summed E-state index contributed by atoms with van der Waals surface area (Å²) in [6, 6.07) is 13.3. The molecular weight excluding hydrogens is 342 g/mol. The molecule has 0 atom stereocenters. The van der Waals surface area contributed by atoms with E-state index >= 15 is 0 Å². The third kappa shape index (κ3) is 5.07. The van der Waals surface area contributed by atoms with Gasteiger partial charge >= 0.3 is 0 Å². The lowest BCUT2D eigenvalue weighted by atomic mass is 10.1. The predicted molar refractivity (Wildman–Crippen MR) is 105 cm³/mol. The monoisotopic (exact) mass is 365 g/mol. The van der Waals surface area contributed by atoms with Crippen LogP contribution in [0.15, 0.2) is 48.7 Å². The van der Waals surface area contributed by atoms with E-state index in [0.717, 1.165) is 36.6 Å². The van der Waals surface area contributed by atoms with Gasteiger partial charge in [-0.2, -0.15) is 5.10 Å². The number of anilines is 2. The highest BCUT2D eigenvalue weighted by Crippen LogP contribution is 2.15. The van der Waals surface area contributed by atoms with Crippen molar-refractivity contribution in [3.05, 3.63) is 65.5 Å². The van der Waals surface area contributed by atoms with Gasteiger partial charge in [0.15, 0.2) is 0 Å². The molecule has 3 aromatic rings. The third-order valence-electron chi connectivity index (χ3n) is 4.07. The van der Waals surface area contributed by atoms with E-state index in [1.165, 1.54) is 5.56 Å². The molecule has 0 bridgehead atoms. The highest BCUT2D eigenvalue weighted by Gasteiger charge is 2.09. The Balaban J connectivity index is 1.56. The zero-order valence-electron chi connectivity index (χ0n) is 15.5. The van der Waals surface area contributed by atoms with Crippen molar-refractivity contribution in [3.8, 4) is 5.75 Å². The lowest BCUT2D eigenvalue weighted by molar-refractivity contribution is 0.102. The lowest BCUT2D eigenvalue weighted by Crippen LogP contribution is -2.12. The van der Waals surface area contributed by atoms with Gasteiger partial charge in [-0.3, -0.25) is 9.89 Å². The highest BCUT2D eigenvalue weighted by molar-refractivity contribution is 6.03. The number of aromatic nitrogens is 3. The van der Waals surface area contributed by atoms with E-state index < -0.39 is 0 Å². The molecule has 2 aromatic heterocycles. The summed E-state index contributed by atoms with van der Waals surface area (Å²) in [6.45, 7) is 2.78. The molecule has 1 aromatic carbocycles. The van der Waals surface area contributed by atoms with Crippen LogP contribution in [0.25, 0.3) is 0 Å². The molecule has 0 saturated carbocycles. The summed E-state index contributed by atoms with van der Waals surface area (Å²) < 4.78 is 5.24. The van der Waals surface area contributed by atoms with Crippen LogP contribution in [0, 0.1) is 0 Å². The molecule has 0 aliphatic carbocycles. The fourth-order valence-electron chi connectivity index (χ4n) is 2.66. The van der Waals surface area contributed by atoms with Crippen LogP contribution in [0.4, 0.5) is 11.6 Å². The summed E-state index contributed by atoms with van der Waals surface area (Å²) in [7, 11) is 1.66. The number of nitrogens with zero attached hydrogens (tertiary/aromatic N) is 2. The maximum atomic E-state index is 12.3. The van der Waals surface area contributed by atoms with Crippen LogP contribution >= 0.6 is 0 Å². The van der Waals surface area contributed by atoms with Gasteiger partial charge in [-0.25, -0.2) is 4.98 Å². The van der Waals surface area contributed by atoms with Gasteiger partial charge in [0, 0.05) is 18.8 Å². The van der Waals surface area contributed by atoms with Gasteiger partial charge in [-0.05, 0) is 49.6 Å². The summed E-state index contributed by atoms with van der Waals surface area (Å²) in [5.74, 6) is 1.93. The molecule has 2 heterocycles. The van der Waals surface area contributed by atoms with Crippen LogP contribution in [0.5, 0.6) is 5.75 Å². The molecule has 3 rings (SSSR count). The van der Waals surface area contributed by atoms with Crippen molar-refractivity contribution in [2.24, 2.45) is 0 Å². The number of benzene rings is 1. The first-order valence-electron chi connectivity index (χ1n) is 8.86. The number of pyridine rings is 1. The van der Waals surface area contributed by atoms with E-state index in [1.54, 1.807) is 25.4 Å². The Morgan fingerprint density at radius 2 is 2.07 bits per heavy atom. The number of methoxy groups -OCH3 is 1. The fourth-order valence-corrected chi connectivity index (χ4v) is 2.66. The minimum Gasteiger partial charge on any atom is -0.497 e. The molecule has 0 aliphatic rings. The van der Waals surface area contributed by atoms with E-state index in [0.29, 0.717) is 11.4 Å². The third-order valence-corrected chi connectivity index (χ3v) is 4.07. The molecular formula is C20H23N5O2. The van der Waals surface area contributed by atoms with Crippen LogP contribution in [0.3, 0.4) is 0 Å². The van der Waals surface area contributed by atoms with Gasteiger partial charge in [0.25, 0.3) is 5.91 Å². The van der Waals surface area contributed by atoms with Crippen LogP contribution in [0.2, 0.25) is 0 Å². The molecule has 0 unspecified atom stereocenters. The maximum Gasteiger partial charge on any atom is 0.258 e. The minimum absolute atomic E-state index is 0.228. The van der Waals surface area contributed by atoms with E-state index in [9.17, 15) is 4.79 Å². The normalized spacial score (nSPS) is 10.4. The molecule has 3 N–H and O–H groups in total. The van der Waals surface area contributed by atoms with E-state index in [4.69, 9.17) is 4.74 Å². The molecule has 7 nitrogen and oxygen atoms in total. The number of rotatable bonds is 8. The lowest BCUT2D eigenvalue weighted by Gasteiger charge is -2.04.